The molecule has 0 aromatic carbocycles. The molecule has 0 spiro atoms. The molecule has 0 radical (unpaired) electrons. The Labute approximate surface area is 108 Å². The van der Waals surface area contributed by atoms with Gasteiger partial charge in [0.15, 0.2) is 0 Å². The molecule has 0 saturated heterocycles. The van der Waals surface area contributed by atoms with Crippen LogP contribution in [-0.2, 0) is 13.0 Å². The lowest BCUT2D eigenvalue weighted by Gasteiger charge is -2.14. The summed E-state index contributed by atoms with van der Waals surface area (Å²) in [5.74, 6) is 2.05. The molecule has 0 fully saturated rings. The van der Waals surface area contributed by atoms with Crippen LogP contribution < -0.4 is 0 Å². The summed E-state index contributed by atoms with van der Waals surface area (Å²) in [6.45, 7) is 5.92. The largest absolute Gasteiger partial charge is 0.465 e. The van der Waals surface area contributed by atoms with Gasteiger partial charge in [-0.25, -0.2) is 0 Å². The number of aromatic nitrogens is 1. The van der Waals surface area contributed by atoms with Gasteiger partial charge in [0.1, 0.15) is 11.5 Å². The van der Waals surface area contributed by atoms with Crippen LogP contribution in [0.2, 0.25) is 0 Å². The summed E-state index contributed by atoms with van der Waals surface area (Å²) in [5.41, 5.74) is 2.36. The highest BCUT2D eigenvalue weighted by Gasteiger charge is 2.07. The second-order valence-electron chi connectivity index (χ2n) is 4.76. The number of rotatable bonds is 5. The van der Waals surface area contributed by atoms with Crippen LogP contribution in [0.5, 0.6) is 0 Å². The van der Waals surface area contributed by atoms with E-state index in [1.165, 1.54) is 5.56 Å². The molecule has 0 N–H and O–H groups in total. The fraction of sp³-hybridized carbons (Fsp3) is 0.400. The van der Waals surface area contributed by atoms with Crippen LogP contribution in [0.4, 0.5) is 0 Å². The van der Waals surface area contributed by atoms with Gasteiger partial charge < -0.3 is 4.42 Å². The van der Waals surface area contributed by atoms with Crippen molar-refractivity contribution in [1.29, 1.82) is 0 Å². The van der Waals surface area contributed by atoms with Crippen LogP contribution >= 0.6 is 0 Å². The first kappa shape index (κ1) is 12.8. The van der Waals surface area contributed by atoms with Crippen molar-refractivity contribution in [1.82, 2.24) is 9.88 Å². The fourth-order valence-corrected chi connectivity index (χ4v) is 1.92. The number of pyridine rings is 1. The Bertz CT molecular complexity index is 471. The van der Waals surface area contributed by atoms with Gasteiger partial charge in [-0.2, -0.15) is 0 Å². The highest BCUT2D eigenvalue weighted by atomic mass is 16.3. The predicted octanol–water partition coefficient (Wildman–Crippen LogP) is 2.97. The molecule has 2 aromatic rings. The maximum Gasteiger partial charge on any atom is 0.118 e. The number of aryl methyl sites for hydroxylation is 2. The second-order valence-corrected chi connectivity index (χ2v) is 4.76. The minimum absolute atomic E-state index is 0.849. The minimum atomic E-state index is 0.849. The summed E-state index contributed by atoms with van der Waals surface area (Å²) in [4.78, 5) is 6.58. The molecular weight excluding hydrogens is 224 g/mol. The van der Waals surface area contributed by atoms with Gasteiger partial charge in [-0.1, -0.05) is 6.07 Å². The van der Waals surface area contributed by atoms with Gasteiger partial charge in [0.2, 0.25) is 0 Å². The average molecular weight is 244 g/mol. The zero-order valence-corrected chi connectivity index (χ0v) is 11.3. The van der Waals surface area contributed by atoms with E-state index in [0.29, 0.717) is 0 Å². The van der Waals surface area contributed by atoms with Crippen LogP contribution in [0.15, 0.2) is 34.9 Å². The van der Waals surface area contributed by atoms with Gasteiger partial charge in [0, 0.05) is 24.9 Å². The SMILES string of the molecule is Cc1cc(CN(C)CCc2ccccn2)oc1C. The molecule has 2 heterocycles. The maximum absolute atomic E-state index is 5.68. The zero-order chi connectivity index (χ0) is 13.0. The Hall–Kier alpha value is -1.61. The molecule has 0 saturated carbocycles. The smallest absolute Gasteiger partial charge is 0.118 e. The van der Waals surface area contributed by atoms with Gasteiger partial charge in [0.05, 0.1) is 6.54 Å². The Morgan fingerprint density at radius 2 is 2.11 bits per heavy atom. The van der Waals surface area contributed by atoms with E-state index in [2.05, 4.69) is 36.0 Å². The number of likely N-dealkylation sites (N-methyl/N-ethyl adjacent to an activating group) is 1. The highest BCUT2D eigenvalue weighted by molar-refractivity contribution is 5.18. The van der Waals surface area contributed by atoms with Crippen molar-refractivity contribution in [2.45, 2.75) is 26.8 Å². The highest BCUT2D eigenvalue weighted by Crippen LogP contribution is 2.14. The first-order valence-electron chi connectivity index (χ1n) is 6.29. The molecule has 0 aliphatic heterocycles. The Morgan fingerprint density at radius 1 is 1.28 bits per heavy atom. The number of nitrogens with zero attached hydrogens (tertiary/aromatic N) is 2. The molecule has 0 unspecified atom stereocenters. The van der Waals surface area contributed by atoms with Crippen molar-refractivity contribution < 1.29 is 4.42 Å². The van der Waals surface area contributed by atoms with Gasteiger partial charge in [-0.15, -0.1) is 0 Å². The van der Waals surface area contributed by atoms with Gasteiger partial charge in [0.25, 0.3) is 0 Å². The number of furan rings is 1. The Balaban J connectivity index is 1.84. The summed E-state index contributed by atoms with van der Waals surface area (Å²) < 4.78 is 5.68. The molecule has 3 nitrogen and oxygen atoms in total. The summed E-state index contributed by atoms with van der Waals surface area (Å²) in [6, 6.07) is 8.16. The molecule has 0 amide bonds. The molecular formula is C15H20N2O. The monoisotopic (exact) mass is 244 g/mol. The van der Waals surface area contributed by atoms with Crippen molar-refractivity contribution in [3.63, 3.8) is 0 Å². The average Bonchev–Trinajstić information content (AvgIpc) is 2.67. The fourth-order valence-electron chi connectivity index (χ4n) is 1.92. The van der Waals surface area contributed by atoms with Crippen LogP contribution in [-0.4, -0.2) is 23.5 Å². The molecule has 0 bridgehead atoms. The third-order valence-corrected chi connectivity index (χ3v) is 3.12. The standard InChI is InChI=1S/C15H20N2O/c1-12-10-15(18-13(12)2)11-17(3)9-7-14-6-4-5-8-16-14/h4-6,8,10H,7,9,11H2,1-3H3. The van der Waals surface area contributed by atoms with Crippen molar-refractivity contribution >= 4 is 0 Å². The van der Waals surface area contributed by atoms with E-state index in [0.717, 1.165) is 36.7 Å². The van der Waals surface area contributed by atoms with E-state index in [1.807, 2.05) is 25.3 Å². The first-order valence-corrected chi connectivity index (χ1v) is 6.29. The van der Waals surface area contributed by atoms with E-state index >= 15 is 0 Å². The lowest BCUT2D eigenvalue weighted by atomic mass is 10.2. The first-order chi connectivity index (χ1) is 8.65. The zero-order valence-electron chi connectivity index (χ0n) is 11.3. The van der Waals surface area contributed by atoms with Crippen LogP contribution in [0, 0.1) is 13.8 Å². The Kier molecular flexibility index (Phi) is 4.15. The molecule has 0 atom stereocenters. The van der Waals surface area contributed by atoms with Crippen molar-refractivity contribution in [2.24, 2.45) is 0 Å². The normalized spacial score (nSPS) is 11.1. The predicted molar refractivity (Wildman–Crippen MR) is 72.5 cm³/mol. The van der Waals surface area contributed by atoms with Gasteiger partial charge in [-0.3, -0.25) is 9.88 Å². The quantitative estimate of drug-likeness (QED) is 0.809. The molecule has 2 aromatic heterocycles. The molecule has 0 aliphatic rings. The lowest BCUT2D eigenvalue weighted by molar-refractivity contribution is 0.294. The van der Waals surface area contributed by atoms with E-state index in [9.17, 15) is 0 Å². The third kappa shape index (κ3) is 3.44. The Morgan fingerprint density at radius 3 is 2.72 bits per heavy atom. The van der Waals surface area contributed by atoms with Gasteiger partial charge >= 0.3 is 0 Å². The van der Waals surface area contributed by atoms with Crippen molar-refractivity contribution in [3.8, 4) is 0 Å². The number of hydrogen-bond acceptors (Lipinski definition) is 3. The number of hydrogen-bond donors (Lipinski definition) is 0. The van der Waals surface area contributed by atoms with Crippen LogP contribution in [0.1, 0.15) is 22.8 Å². The van der Waals surface area contributed by atoms with Crippen LogP contribution in [0.25, 0.3) is 0 Å². The van der Waals surface area contributed by atoms with E-state index in [-0.39, 0.29) is 0 Å². The summed E-state index contributed by atoms with van der Waals surface area (Å²) in [7, 11) is 2.11. The van der Waals surface area contributed by atoms with Crippen LogP contribution in [0.3, 0.4) is 0 Å². The van der Waals surface area contributed by atoms with Crippen molar-refractivity contribution in [3.05, 3.63) is 53.2 Å². The maximum atomic E-state index is 5.68. The van der Waals surface area contributed by atoms with Crippen molar-refractivity contribution in [2.75, 3.05) is 13.6 Å². The molecule has 96 valence electrons. The molecule has 3 heteroatoms. The van der Waals surface area contributed by atoms with E-state index in [1.54, 1.807) is 0 Å². The molecule has 0 aliphatic carbocycles. The lowest BCUT2D eigenvalue weighted by Crippen LogP contribution is -2.20. The third-order valence-electron chi connectivity index (χ3n) is 3.12. The summed E-state index contributed by atoms with van der Waals surface area (Å²) >= 11 is 0. The van der Waals surface area contributed by atoms with E-state index in [4.69, 9.17) is 4.42 Å². The minimum Gasteiger partial charge on any atom is -0.465 e. The topological polar surface area (TPSA) is 29.3 Å². The summed E-state index contributed by atoms with van der Waals surface area (Å²) in [6.07, 6.45) is 2.81. The molecule has 18 heavy (non-hydrogen) atoms. The summed E-state index contributed by atoms with van der Waals surface area (Å²) in [5, 5.41) is 0. The van der Waals surface area contributed by atoms with E-state index < -0.39 is 0 Å². The second kappa shape index (κ2) is 5.83. The molecule has 2 rings (SSSR count). The van der Waals surface area contributed by atoms with Gasteiger partial charge in [-0.05, 0) is 44.7 Å².